The van der Waals surface area contributed by atoms with Crippen molar-refractivity contribution in [2.75, 3.05) is 26.5 Å². The third-order valence-electron chi connectivity index (χ3n) is 5.00. The van der Waals surface area contributed by atoms with Crippen LogP contribution in [0.5, 0.6) is 5.75 Å². The van der Waals surface area contributed by atoms with Crippen molar-refractivity contribution in [2.24, 2.45) is 11.8 Å². The lowest BCUT2D eigenvalue weighted by Crippen LogP contribution is -2.39. The van der Waals surface area contributed by atoms with Gasteiger partial charge in [0.05, 0.1) is 17.4 Å². The second-order valence-electron chi connectivity index (χ2n) is 7.31. The molecule has 9 heteroatoms. The van der Waals surface area contributed by atoms with Crippen LogP contribution in [0.4, 0.5) is 13.2 Å². The van der Waals surface area contributed by atoms with Crippen LogP contribution in [0.15, 0.2) is 29.2 Å². The van der Waals surface area contributed by atoms with Crippen LogP contribution in [0, 0.1) is 11.8 Å². The van der Waals surface area contributed by atoms with Crippen LogP contribution in [0.2, 0.25) is 0 Å². The lowest BCUT2D eigenvalue weighted by molar-refractivity contribution is -0.187. The normalized spacial score (nSPS) is 20.6. The van der Waals surface area contributed by atoms with E-state index >= 15 is 0 Å². The maximum Gasteiger partial charge on any atom is 0.391 e. The molecule has 0 N–H and O–H groups in total. The number of carbonyl (C=O) groups is 1. The molecule has 0 radical (unpaired) electrons. The number of rotatable bonds is 7. The van der Waals surface area contributed by atoms with Crippen molar-refractivity contribution >= 4 is 15.7 Å². The highest BCUT2D eigenvalue weighted by atomic mass is 32.2. The van der Waals surface area contributed by atoms with Gasteiger partial charge in [-0.2, -0.15) is 13.2 Å². The number of ether oxygens (including phenoxy) is 1. The fourth-order valence-corrected chi connectivity index (χ4v) is 4.08. The minimum absolute atomic E-state index is 0.0946. The molecule has 0 bridgehead atoms. The molecule has 0 saturated heterocycles. The minimum atomic E-state index is -4.24. The molecule has 0 spiro atoms. The van der Waals surface area contributed by atoms with E-state index in [2.05, 4.69) is 0 Å². The minimum Gasteiger partial charge on any atom is -0.493 e. The first kappa shape index (κ1) is 22.5. The molecule has 1 amide bonds. The van der Waals surface area contributed by atoms with Crippen LogP contribution in [-0.2, 0) is 14.6 Å². The second-order valence-corrected chi connectivity index (χ2v) is 9.33. The Morgan fingerprint density at radius 3 is 2.64 bits per heavy atom. The van der Waals surface area contributed by atoms with Crippen molar-refractivity contribution in [3.8, 4) is 5.75 Å². The highest BCUT2D eigenvalue weighted by Crippen LogP contribution is 2.40. The van der Waals surface area contributed by atoms with Crippen molar-refractivity contribution in [1.29, 1.82) is 0 Å². The first-order chi connectivity index (χ1) is 13.0. The van der Waals surface area contributed by atoms with E-state index in [9.17, 15) is 26.4 Å². The number of nitrogens with zero attached hydrogens (tertiary/aromatic N) is 1. The zero-order chi connectivity index (χ0) is 20.9. The molecule has 1 fully saturated rings. The van der Waals surface area contributed by atoms with Crippen molar-refractivity contribution in [2.45, 2.75) is 43.2 Å². The molecule has 28 heavy (non-hydrogen) atoms. The predicted molar refractivity (Wildman–Crippen MR) is 98.8 cm³/mol. The molecule has 2 atom stereocenters. The van der Waals surface area contributed by atoms with Gasteiger partial charge in [-0.25, -0.2) is 8.42 Å². The van der Waals surface area contributed by atoms with E-state index in [0.717, 1.165) is 6.26 Å². The molecule has 1 aromatic rings. The van der Waals surface area contributed by atoms with Crippen molar-refractivity contribution in [3.05, 3.63) is 24.3 Å². The van der Waals surface area contributed by atoms with Gasteiger partial charge < -0.3 is 9.64 Å². The standard InChI is InChI=1S/C19H26F3NO4S/c1-23(18(24)14-6-3-7-15(12-14)19(20,21)22)10-5-11-27-16-8-4-9-17(13-16)28(2,25)26/h4,8-9,13-15H,3,5-7,10-12H2,1-2H3. The van der Waals surface area contributed by atoms with Gasteiger partial charge in [-0.15, -0.1) is 0 Å². The predicted octanol–water partition coefficient (Wildman–Crippen LogP) is 3.69. The maximum absolute atomic E-state index is 12.9. The van der Waals surface area contributed by atoms with Crippen LogP contribution >= 0.6 is 0 Å². The van der Waals surface area contributed by atoms with E-state index < -0.39 is 27.8 Å². The van der Waals surface area contributed by atoms with E-state index in [4.69, 9.17) is 4.74 Å². The van der Waals surface area contributed by atoms with Crippen LogP contribution in [0.3, 0.4) is 0 Å². The summed E-state index contributed by atoms with van der Waals surface area (Å²) in [5.74, 6) is -1.82. The Labute approximate surface area is 163 Å². The smallest absolute Gasteiger partial charge is 0.391 e. The highest BCUT2D eigenvalue weighted by molar-refractivity contribution is 7.90. The monoisotopic (exact) mass is 421 g/mol. The molecule has 1 aromatic carbocycles. The van der Waals surface area contributed by atoms with Crippen molar-refractivity contribution in [3.63, 3.8) is 0 Å². The average Bonchev–Trinajstić information content (AvgIpc) is 2.63. The lowest BCUT2D eigenvalue weighted by Gasteiger charge is -2.32. The molecular weight excluding hydrogens is 395 g/mol. The van der Waals surface area contributed by atoms with E-state index in [1.807, 2.05) is 0 Å². The first-order valence-corrected chi connectivity index (χ1v) is 11.1. The number of hydrogen-bond acceptors (Lipinski definition) is 4. The van der Waals surface area contributed by atoms with Crippen LogP contribution in [0.1, 0.15) is 32.1 Å². The van der Waals surface area contributed by atoms with Crippen molar-refractivity contribution < 1.29 is 31.1 Å². The van der Waals surface area contributed by atoms with Gasteiger partial charge in [-0.05, 0) is 43.9 Å². The van der Waals surface area contributed by atoms with Gasteiger partial charge in [0, 0.05) is 25.8 Å². The Bertz CT molecular complexity index is 780. The molecule has 2 rings (SSSR count). The average molecular weight is 421 g/mol. The van der Waals surface area contributed by atoms with E-state index in [-0.39, 0.29) is 30.3 Å². The van der Waals surface area contributed by atoms with Crippen LogP contribution < -0.4 is 4.74 Å². The third kappa shape index (κ3) is 6.39. The molecule has 2 unspecified atom stereocenters. The largest absolute Gasteiger partial charge is 0.493 e. The summed E-state index contributed by atoms with van der Waals surface area (Å²) in [6, 6.07) is 6.14. The number of halogens is 3. The summed E-state index contributed by atoms with van der Waals surface area (Å²) in [6.07, 6.45) is -1.79. The topological polar surface area (TPSA) is 63.7 Å². The third-order valence-corrected chi connectivity index (χ3v) is 6.11. The number of benzene rings is 1. The number of alkyl halides is 3. The zero-order valence-corrected chi connectivity index (χ0v) is 16.9. The van der Waals surface area contributed by atoms with Gasteiger partial charge in [0.1, 0.15) is 5.75 Å². The summed E-state index contributed by atoms with van der Waals surface area (Å²) in [4.78, 5) is 14.1. The Morgan fingerprint density at radius 2 is 2.00 bits per heavy atom. The number of carbonyl (C=O) groups excluding carboxylic acids is 1. The molecule has 0 aromatic heterocycles. The fourth-order valence-electron chi connectivity index (χ4n) is 3.42. The molecule has 0 aliphatic heterocycles. The first-order valence-electron chi connectivity index (χ1n) is 9.23. The summed E-state index contributed by atoms with van der Waals surface area (Å²) in [6.45, 7) is 0.623. The van der Waals surface area contributed by atoms with Crippen LogP contribution in [-0.4, -0.2) is 51.9 Å². The summed E-state index contributed by atoms with van der Waals surface area (Å²) in [5.41, 5.74) is 0. The Balaban J connectivity index is 1.79. The van der Waals surface area contributed by atoms with Gasteiger partial charge in [0.15, 0.2) is 9.84 Å². The summed E-state index contributed by atoms with van der Waals surface area (Å²) >= 11 is 0. The van der Waals surface area contributed by atoms with Gasteiger partial charge in [-0.3, -0.25) is 4.79 Å². The number of amides is 1. The number of sulfone groups is 1. The van der Waals surface area contributed by atoms with Gasteiger partial charge >= 0.3 is 6.18 Å². The quantitative estimate of drug-likeness (QED) is 0.630. The number of hydrogen-bond donors (Lipinski definition) is 0. The molecular formula is C19H26F3NO4S. The SMILES string of the molecule is CN(CCCOc1cccc(S(C)(=O)=O)c1)C(=O)C1CCCC(C(F)(F)F)C1. The summed E-state index contributed by atoms with van der Waals surface area (Å²) in [7, 11) is -1.73. The Hall–Kier alpha value is -1.77. The van der Waals surface area contributed by atoms with Gasteiger partial charge in [-0.1, -0.05) is 12.5 Å². The molecule has 5 nitrogen and oxygen atoms in total. The van der Waals surface area contributed by atoms with E-state index in [1.165, 1.54) is 17.0 Å². The highest BCUT2D eigenvalue weighted by Gasteiger charge is 2.43. The van der Waals surface area contributed by atoms with Crippen molar-refractivity contribution in [1.82, 2.24) is 4.90 Å². The molecule has 1 aliphatic rings. The Morgan fingerprint density at radius 1 is 1.29 bits per heavy atom. The van der Waals surface area contributed by atoms with E-state index in [1.54, 1.807) is 19.2 Å². The van der Waals surface area contributed by atoms with Crippen LogP contribution in [0.25, 0.3) is 0 Å². The van der Waals surface area contributed by atoms with Gasteiger partial charge in [0.2, 0.25) is 5.91 Å². The summed E-state index contributed by atoms with van der Waals surface area (Å²) < 4.78 is 67.4. The fraction of sp³-hybridized carbons (Fsp3) is 0.632. The maximum atomic E-state index is 12.9. The summed E-state index contributed by atoms with van der Waals surface area (Å²) in [5, 5.41) is 0. The molecule has 0 heterocycles. The second kappa shape index (κ2) is 9.15. The zero-order valence-electron chi connectivity index (χ0n) is 16.0. The Kier molecular flexibility index (Phi) is 7.36. The molecule has 1 aliphatic carbocycles. The van der Waals surface area contributed by atoms with Gasteiger partial charge in [0.25, 0.3) is 0 Å². The molecule has 158 valence electrons. The van der Waals surface area contributed by atoms with E-state index in [0.29, 0.717) is 31.6 Å². The molecule has 1 saturated carbocycles. The lowest BCUT2D eigenvalue weighted by atomic mass is 9.80.